The van der Waals surface area contributed by atoms with Gasteiger partial charge in [-0.3, -0.25) is 0 Å². The molecule has 0 saturated heterocycles. The first kappa shape index (κ1) is 9.92. The number of rotatable bonds is 2. The molecular formula is C10H16N5+. The second kappa shape index (κ2) is 3.20. The number of hydrogen-bond acceptors (Lipinski definition) is 3. The van der Waals surface area contributed by atoms with Crippen molar-refractivity contribution in [2.75, 3.05) is 26.9 Å². The van der Waals surface area contributed by atoms with Crippen molar-refractivity contribution in [2.24, 2.45) is 0 Å². The summed E-state index contributed by atoms with van der Waals surface area (Å²) in [6.45, 7) is 0.778. The molecule has 0 aliphatic rings. The fourth-order valence-electron chi connectivity index (χ4n) is 1.52. The third-order valence-corrected chi connectivity index (χ3v) is 2.13. The Hall–Kier alpha value is -1.62. The second-order valence-electron chi connectivity index (χ2n) is 4.74. The van der Waals surface area contributed by atoms with E-state index in [1.54, 1.807) is 0 Å². The lowest BCUT2D eigenvalue weighted by molar-refractivity contribution is -0.893. The topological polar surface area (TPSA) is 56.7 Å². The zero-order valence-corrected chi connectivity index (χ0v) is 9.31. The predicted molar refractivity (Wildman–Crippen MR) is 60.0 cm³/mol. The molecular weight excluding hydrogens is 190 g/mol. The Labute approximate surface area is 88.7 Å². The average molecular weight is 206 g/mol. The van der Waals surface area contributed by atoms with Crippen LogP contribution in [0.2, 0.25) is 0 Å². The maximum Gasteiger partial charge on any atom is 0.176 e. The van der Waals surface area contributed by atoms with E-state index in [1.165, 1.54) is 0 Å². The SMILES string of the molecule is C[N+](C)(C)Cn1nnc2c(N)cccc21. The first-order valence-electron chi connectivity index (χ1n) is 4.85. The van der Waals surface area contributed by atoms with Crippen LogP contribution in [0.3, 0.4) is 0 Å². The quantitative estimate of drug-likeness (QED) is 0.580. The summed E-state index contributed by atoms with van der Waals surface area (Å²) in [6.07, 6.45) is 0. The van der Waals surface area contributed by atoms with Crippen LogP contribution < -0.4 is 5.73 Å². The molecule has 0 unspecified atom stereocenters. The maximum absolute atomic E-state index is 5.81. The molecule has 0 atom stereocenters. The Morgan fingerprint density at radius 2 is 2.07 bits per heavy atom. The third-order valence-electron chi connectivity index (χ3n) is 2.13. The minimum Gasteiger partial charge on any atom is -0.397 e. The third kappa shape index (κ3) is 1.92. The van der Waals surface area contributed by atoms with E-state index in [4.69, 9.17) is 5.73 Å². The molecule has 0 radical (unpaired) electrons. The summed E-state index contributed by atoms with van der Waals surface area (Å²) in [5.74, 6) is 0. The van der Waals surface area contributed by atoms with Crippen molar-refractivity contribution in [3.63, 3.8) is 0 Å². The van der Waals surface area contributed by atoms with Gasteiger partial charge in [-0.2, -0.15) is 4.68 Å². The van der Waals surface area contributed by atoms with Gasteiger partial charge >= 0.3 is 0 Å². The molecule has 0 amide bonds. The van der Waals surface area contributed by atoms with E-state index in [1.807, 2.05) is 22.9 Å². The van der Waals surface area contributed by atoms with E-state index in [0.717, 1.165) is 22.2 Å². The Kier molecular flexibility index (Phi) is 2.12. The highest BCUT2D eigenvalue weighted by Gasteiger charge is 2.13. The number of aromatic nitrogens is 3. The van der Waals surface area contributed by atoms with Crippen LogP contribution >= 0.6 is 0 Å². The van der Waals surface area contributed by atoms with E-state index in [-0.39, 0.29) is 0 Å². The molecule has 1 aromatic carbocycles. The van der Waals surface area contributed by atoms with Crippen LogP contribution in [0.25, 0.3) is 11.0 Å². The fourth-order valence-corrected chi connectivity index (χ4v) is 1.52. The smallest absolute Gasteiger partial charge is 0.176 e. The van der Waals surface area contributed by atoms with Crippen molar-refractivity contribution in [1.82, 2.24) is 15.0 Å². The van der Waals surface area contributed by atoms with Crippen LogP contribution in [0.4, 0.5) is 5.69 Å². The van der Waals surface area contributed by atoms with Crippen LogP contribution in [0.1, 0.15) is 0 Å². The van der Waals surface area contributed by atoms with E-state index in [0.29, 0.717) is 5.69 Å². The summed E-state index contributed by atoms with van der Waals surface area (Å²) in [6, 6.07) is 5.75. The van der Waals surface area contributed by atoms with Gasteiger partial charge in [0.15, 0.2) is 6.67 Å². The number of nitrogens with two attached hydrogens (primary N) is 1. The van der Waals surface area contributed by atoms with Crippen molar-refractivity contribution >= 4 is 16.7 Å². The van der Waals surface area contributed by atoms with Crippen LogP contribution in [-0.2, 0) is 6.67 Å². The molecule has 0 spiro atoms. The Bertz CT molecular complexity index is 480. The lowest BCUT2D eigenvalue weighted by atomic mass is 10.3. The van der Waals surface area contributed by atoms with Gasteiger partial charge in [-0.15, -0.1) is 5.10 Å². The van der Waals surface area contributed by atoms with Crippen molar-refractivity contribution in [1.29, 1.82) is 0 Å². The molecule has 15 heavy (non-hydrogen) atoms. The minimum absolute atomic E-state index is 0.681. The fraction of sp³-hybridized carbons (Fsp3) is 0.400. The minimum atomic E-state index is 0.681. The van der Waals surface area contributed by atoms with Crippen LogP contribution in [0.5, 0.6) is 0 Å². The van der Waals surface area contributed by atoms with Crippen molar-refractivity contribution < 1.29 is 4.48 Å². The van der Waals surface area contributed by atoms with Gasteiger partial charge in [0.2, 0.25) is 0 Å². The number of quaternary nitrogens is 1. The van der Waals surface area contributed by atoms with Gasteiger partial charge in [0.1, 0.15) is 5.52 Å². The average Bonchev–Trinajstić information content (AvgIpc) is 2.48. The molecule has 5 nitrogen and oxygen atoms in total. The molecule has 0 bridgehead atoms. The number of nitrogen functional groups attached to an aromatic ring is 1. The largest absolute Gasteiger partial charge is 0.397 e. The molecule has 2 rings (SSSR count). The van der Waals surface area contributed by atoms with Crippen molar-refractivity contribution in [3.05, 3.63) is 18.2 Å². The number of anilines is 1. The molecule has 80 valence electrons. The van der Waals surface area contributed by atoms with Gasteiger partial charge in [-0.05, 0) is 12.1 Å². The molecule has 0 aliphatic heterocycles. The maximum atomic E-state index is 5.81. The van der Waals surface area contributed by atoms with Crippen LogP contribution in [0.15, 0.2) is 18.2 Å². The molecule has 2 aromatic rings. The highest BCUT2D eigenvalue weighted by Crippen LogP contribution is 2.17. The zero-order chi connectivity index (χ0) is 11.1. The lowest BCUT2D eigenvalue weighted by Crippen LogP contribution is -2.36. The summed E-state index contributed by atoms with van der Waals surface area (Å²) < 4.78 is 2.68. The van der Waals surface area contributed by atoms with Gasteiger partial charge in [-0.1, -0.05) is 11.3 Å². The summed E-state index contributed by atoms with van der Waals surface area (Å²) in [4.78, 5) is 0. The van der Waals surface area contributed by atoms with Crippen LogP contribution in [0, 0.1) is 0 Å². The molecule has 0 saturated carbocycles. The summed E-state index contributed by atoms with van der Waals surface area (Å²) in [7, 11) is 6.33. The Morgan fingerprint density at radius 3 is 2.73 bits per heavy atom. The summed E-state index contributed by atoms with van der Waals surface area (Å²) in [5, 5.41) is 8.19. The Balaban J connectivity index is 2.50. The highest BCUT2D eigenvalue weighted by molar-refractivity contribution is 5.86. The van der Waals surface area contributed by atoms with Gasteiger partial charge in [0.25, 0.3) is 0 Å². The van der Waals surface area contributed by atoms with Crippen molar-refractivity contribution in [3.8, 4) is 0 Å². The van der Waals surface area contributed by atoms with Gasteiger partial charge in [0.05, 0.1) is 32.3 Å². The number of hydrogen-bond donors (Lipinski definition) is 1. The second-order valence-corrected chi connectivity index (χ2v) is 4.74. The first-order chi connectivity index (χ1) is 6.97. The molecule has 0 aliphatic carbocycles. The Morgan fingerprint density at radius 1 is 1.33 bits per heavy atom. The van der Waals surface area contributed by atoms with E-state index in [9.17, 15) is 0 Å². The molecule has 5 heteroatoms. The number of nitrogens with zero attached hydrogens (tertiary/aromatic N) is 4. The summed E-state index contributed by atoms with van der Waals surface area (Å²) in [5.41, 5.74) is 8.27. The molecule has 1 aromatic heterocycles. The van der Waals surface area contributed by atoms with Gasteiger partial charge in [-0.25, -0.2) is 0 Å². The normalized spacial score (nSPS) is 12.2. The first-order valence-corrected chi connectivity index (χ1v) is 4.85. The number of benzene rings is 1. The van der Waals surface area contributed by atoms with Gasteiger partial charge < -0.3 is 10.2 Å². The molecule has 1 heterocycles. The van der Waals surface area contributed by atoms with E-state index in [2.05, 4.69) is 31.5 Å². The van der Waals surface area contributed by atoms with E-state index >= 15 is 0 Å². The van der Waals surface area contributed by atoms with Crippen LogP contribution in [-0.4, -0.2) is 40.6 Å². The number of fused-ring (bicyclic) bond motifs is 1. The van der Waals surface area contributed by atoms with Crippen molar-refractivity contribution in [2.45, 2.75) is 6.67 Å². The highest BCUT2D eigenvalue weighted by atomic mass is 15.5. The molecule has 2 N–H and O–H groups in total. The monoisotopic (exact) mass is 206 g/mol. The lowest BCUT2D eigenvalue weighted by Gasteiger charge is -2.23. The predicted octanol–water partition coefficient (Wildman–Crippen LogP) is 0.677. The molecule has 0 fully saturated rings. The zero-order valence-electron chi connectivity index (χ0n) is 9.31. The standard InChI is InChI=1S/C10H16N5/c1-15(2,3)7-14-9-6-4-5-8(11)10(9)12-13-14/h4-6H,7,11H2,1-3H3/q+1. The summed E-state index contributed by atoms with van der Waals surface area (Å²) >= 11 is 0. The van der Waals surface area contributed by atoms with Gasteiger partial charge in [0, 0.05) is 0 Å². The van der Waals surface area contributed by atoms with E-state index < -0.39 is 0 Å².